The average molecular weight is 324 g/mol. The first-order chi connectivity index (χ1) is 11.5. The van der Waals surface area contributed by atoms with Gasteiger partial charge in [-0.15, -0.1) is 0 Å². The van der Waals surface area contributed by atoms with E-state index in [4.69, 9.17) is 4.74 Å². The zero-order valence-electron chi connectivity index (χ0n) is 14.7. The Morgan fingerprint density at radius 1 is 1.04 bits per heavy atom. The van der Waals surface area contributed by atoms with E-state index in [1.165, 1.54) is 5.56 Å². The van der Waals surface area contributed by atoms with Crippen molar-refractivity contribution < 1.29 is 9.53 Å². The zero-order valence-corrected chi connectivity index (χ0v) is 14.7. The molecule has 0 radical (unpaired) electrons. The number of benzene rings is 2. The zero-order chi connectivity index (χ0) is 17.5. The van der Waals surface area contributed by atoms with E-state index in [-0.39, 0.29) is 5.91 Å². The van der Waals surface area contributed by atoms with Crippen LogP contribution in [0.25, 0.3) is 0 Å². The van der Waals surface area contributed by atoms with Crippen molar-refractivity contribution in [2.24, 2.45) is 5.10 Å². The van der Waals surface area contributed by atoms with Crippen molar-refractivity contribution >= 4 is 11.6 Å². The van der Waals surface area contributed by atoms with Gasteiger partial charge in [0.1, 0.15) is 5.75 Å². The Hall–Kier alpha value is -2.62. The second-order valence-electron chi connectivity index (χ2n) is 5.87. The van der Waals surface area contributed by atoms with Gasteiger partial charge in [-0.2, -0.15) is 5.10 Å². The van der Waals surface area contributed by atoms with Crippen LogP contribution in [0.3, 0.4) is 0 Å². The number of nitrogens with one attached hydrogen (secondary N) is 1. The summed E-state index contributed by atoms with van der Waals surface area (Å²) < 4.78 is 5.41. The Labute approximate surface area is 143 Å². The van der Waals surface area contributed by atoms with E-state index in [2.05, 4.69) is 24.4 Å². The van der Waals surface area contributed by atoms with E-state index in [0.29, 0.717) is 18.1 Å². The highest BCUT2D eigenvalue weighted by Crippen LogP contribution is 2.15. The fraction of sp³-hybridized carbons (Fsp3) is 0.300. The fourth-order valence-corrected chi connectivity index (χ4v) is 2.24. The molecule has 126 valence electrons. The summed E-state index contributed by atoms with van der Waals surface area (Å²) in [7, 11) is 0. The maximum Gasteiger partial charge on any atom is 0.271 e. The standard InChI is InChI=1S/C20H24N2O2/c1-5-24-19-12-10-17(11-13-19)15(4)21-22-20(23)18-8-6-16(7-9-18)14(2)3/h6-14H,5H2,1-4H3,(H,22,23). The van der Waals surface area contributed by atoms with Gasteiger partial charge < -0.3 is 4.74 Å². The van der Waals surface area contributed by atoms with Crippen molar-refractivity contribution in [2.75, 3.05) is 6.61 Å². The Kier molecular flexibility index (Phi) is 6.13. The molecule has 0 bridgehead atoms. The SMILES string of the molecule is CCOc1ccc(C(C)=NNC(=O)c2ccc(C(C)C)cc2)cc1. The van der Waals surface area contributed by atoms with Gasteiger partial charge in [0, 0.05) is 5.56 Å². The molecule has 0 aromatic heterocycles. The van der Waals surface area contributed by atoms with Crippen LogP contribution in [0.5, 0.6) is 5.75 Å². The van der Waals surface area contributed by atoms with E-state index < -0.39 is 0 Å². The highest BCUT2D eigenvalue weighted by atomic mass is 16.5. The van der Waals surface area contributed by atoms with Crippen LogP contribution in [0.15, 0.2) is 53.6 Å². The van der Waals surface area contributed by atoms with Gasteiger partial charge in [-0.3, -0.25) is 4.79 Å². The Morgan fingerprint density at radius 3 is 2.17 bits per heavy atom. The molecule has 4 nitrogen and oxygen atoms in total. The second-order valence-corrected chi connectivity index (χ2v) is 5.87. The van der Waals surface area contributed by atoms with Gasteiger partial charge >= 0.3 is 0 Å². The minimum absolute atomic E-state index is 0.212. The lowest BCUT2D eigenvalue weighted by Crippen LogP contribution is -2.19. The molecule has 0 spiro atoms. The summed E-state index contributed by atoms with van der Waals surface area (Å²) in [6, 6.07) is 15.2. The fourth-order valence-electron chi connectivity index (χ4n) is 2.24. The van der Waals surface area contributed by atoms with Gasteiger partial charge in [-0.1, -0.05) is 26.0 Å². The summed E-state index contributed by atoms with van der Waals surface area (Å²) in [5, 5.41) is 4.18. The van der Waals surface area contributed by atoms with Gasteiger partial charge in [0.15, 0.2) is 0 Å². The molecule has 0 saturated carbocycles. The van der Waals surface area contributed by atoms with Crippen molar-refractivity contribution in [1.82, 2.24) is 5.43 Å². The summed E-state index contributed by atoms with van der Waals surface area (Å²) in [5.74, 6) is 1.06. The predicted molar refractivity (Wildman–Crippen MR) is 97.8 cm³/mol. The van der Waals surface area contributed by atoms with Crippen molar-refractivity contribution in [2.45, 2.75) is 33.6 Å². The number of hydrogen-bond donors (Lipinski definition) is 1. The Morgan fingerprint density at radius 2 is 1.62 bits per heavy atom. The molecule has 0 saturated heterocycles. The lowest BCUT2D eigenvalue weighted by atomic mass is 10.0. The van der Waals surface area contributed by atoms with Crippen LogP contribution in [0.2, 0.25) is 0 Å². The largest absolute Gasteiger partial charge is 0.494 e. The molecule has 2 aromatic carbocycles. The number of hydrogen-bond acceptors (Lipinski definition) is 3. The summed E-state index contributed by atoms with van der Waals surface area (Å²) in [5.41, 5.74) is 6.09. The van der Waals surface area contributed by atoms with Crippen LogP contribution in [0.4, 0.5) is 0 Å². The molecular formula is C20H24N2O2. The van der Waals surface area contributed by atoms with E-state index in [1.54, 1.807) is 0 Å². The monoisotopic (exact) mass is 324 g/mol. The summed E-state index contributed by atoms with van der Waals surface area (Å²) in [6.07, 6.45) is 0. The van der Waals surface area contributed by atoms with Crippen LogP contribution >= 0.6 is 0 Å². The van der Waals surface area contributed by atoms with E-state index in [9.17, 15) is 4.79 Å². The molecule has 0 aliphatic heterocycles. The highest BCUT2D eigenvalue weighted by molar-refractivity contribution is 6.00. The van der Waals surface area contributed by atoms with Crippen LogP contribution in [0, 0.1) is 0 Å². The molecule has 0 atom stereocenters. The third kappa shape index (κ3) is 4.69. The first-order valence-electron chi connectivity index (χ1n) is 8.19. The minimum atomic E-state index is -0.212. The molecule has 1 amide bonds. The van der Waals surface area contributed by atoms with Crippen LogP contribution < -0.4 is 10.2 Å². The van der Waals surface area contributed by atoms with Crippen molar-refractivity contribution in [3.05, 3.63) is 65.2 Å². The maximum absolute atomic E-state index is 12.2. The average Bonchev–Trinajstić information content (AvgIpc) is 2.60. The Balaban J connectivity index is 2.01. The first-order valence-corrected chi connectivity index (χ1v) is 8.19. The number of hydrazone groups is 1. The van der Waals surface area contributed by atoms with Gasteiger partial charge in [-0.25, -0.2) is 5.43 Å². The molecule has 0 fully saturated rings. The van der Waals surface area contributed by atoms with Crippen LogP contribution in [0.1, 0.15) is 55.1 Å². The lowest BCUT2D eigenvalue weighted by Gasteiger charge is -2.07. The van der Waals surface area contributed by atoms with Gasteiger partial charge in [0.05, 0.1) is 12.3 Å². The summed E-state index contributed by atoms with van der Waals surface area (Å²) in [4.78, 5) is 12.2. The molecule has 2 aromatic rings. The summed E-state index contributed by atoms with van der Waals surface area (Å²) in [6.45, 7) is 8.69. The maximum atomic E-state index is 12.2. The lowest BCUT2D eigenvalue weighted by molar-refractivity contribution is 0.0955. The van der Waals surface area contributed by atoms with Crippen LogP contribution in [-0.2, 0) is 0 Å². The first kappa shape index (κ1) is 17.7. The molecule has 24 heavy (non-hydrogen) atoms. The molecule has 0 unspecified atom stereocenters. The predicted octanol–water partition coefficient (Wildman–Crippen LogP) is 4.36. The molecule has 1 N–H and O–H groups in total. The number of rotatable bonds is 6. The van der Waals surface area contributed by atoms with Gasteiger partial charge in [0.25, 0.3) is 5.91 Å². The normalized spacial score (nSPS) is 11.5. The van der Waals surface area contributed by atoms with E-state index >= 15 is 0 Å². The molecular weight excluding hydrogens is 300 g/mol. The quantitative estimate of drug-likeness (QED) is 0.634. The highest BCUT2D eigenvalue weighted by Gasteiger charge is 2.06. The number of ether oxygens (including phenoxy) is 1. The van der Waals surface area contributed by atoms with Crippen LogP contribution in [-0.4, -0.2) is 18.2 Å². The number of carbonyl (C=O) groups excluding carboxylic acids is 1. The van der Waals surface area contributed by atoms with E-state index in [0.717, 1.165) is 17.0 Å². The second kappa shape index (κ2) is 8.29. The van der Waals surface area contributed by atoms with Gasteiger partial charge in [-0.05, 0) is 67.3 Å². The van der Waals surface area contributed by atoms with Crippen molar-refractivity contribution in [3.8, 4) is 5.75 Å². The molecule has 2 rings (SSSR count). The molecule has 0 aliphatic carbocycles. The third-order valence-corrected chi connectivity index (χ3v) is 3.75. The molecule has 4 heteroatoms. The van der Waals surface area contributed by atoms with Crippen molar-refractivity contribution in [1.29, 1.82) is 0 Å². The molecule has 0 aliphatic rings. The Bertz CT molecular complexity index is 701. The molecule has 0 heterocycles. The number of nitrogens with zero attached hydrogens (tertiary/aromatic N) is 1. The topological polar surface area (TPSA) is 50.7 Å². The minimum Gasteiger partial charge on any atom is -0.494 e. The van der Waals surface area contributed by atoms with Gasteiger partial charge in [0.2, 0.25) is 0 Å². The summed E-state index contributed by atoms with van der Waals surface area (Å²) >= 11 is 0. The van der Waals surface area contributed by atoms with E-state index in [1.807, 2.05) is 62.4 Å². The number of carbonyl (C=O) groups is 1. The smallest absolute Gasteiger partial charge is 0.271 e. The third-order valence-electron chi connectivity index (χ3n) is 3.75. The number of amides is 1. The van der Waals surface area contributed by atoms with Crippen molar-refractivity contribution in [3.63, 3.8) is 0 Å².